The van der Waals surface area contributed by atoms with Crippen LogP contribution in [0.15, 0.2) is 47.1 Å². The summed E-state index contributed by atoms with van der Waals surface area (Å²) >= 11 is 0. The van der Waals surface area contributed by atoms with Gasteiger partial charge in [-0.3, -0.25) is 14.7 Å². The number of aromatic nitrogens is 2. The lowest BCUT2D eigenvalue weighted by Gasteiger charge is -2.16. The SMILES string of the molecule is Cc1cc(NC(=O)CN(C)Cc2cccc3cccnc23)no1. The van der Waals surface area contributed by atoms with Crippen molar-refractivity contribution >= 4 is 22.6 Å². The summed E-state index contributed by atoms with van der Waals surface area (Å²) in [5.74, 6) is 0.970. The average Bonchev–Trinajstić information content (AvgIpc) is 2.92. The standard InChI is InChI=1S/C17H18N4O2/c1-12-9-15(20-23-12)19-16(22)11-21(2)10-14-6-3-5-13-7-4-8-18-17(13)14/h3-9H,10-11H2,1-2H3,(H,19,20,22). The number of anilines is 1. The van der Waals surface area contributed by atoms with Crippen LogP contribution in [0.2, 0.25) is 0 Å². The highest BCUT2D eigenvalue weighted by Gasteiger charge is 2.11. The molecule has 0 spiro atoms. The molecule has 1 N–H and O–H groups in total. The van der Waals surface area contributed by atoms with Crippen LogP contribution in [0.3, 0.4) is 0 Å². The Hall–Kier alpha value is -2.73. The van der Waals surface area contributed by atoms with Crippen molar-refractivity contribution in [2.24, 2.45) is 0 Å². The molecule has 0 aliphatic carbocycles. The molecule has 0 saturated carbocycles. The fourth-order valence-corrected chi connectivity index (χ4v) is 2.49. The van der Waals surface area contributed by atoms with Crippen LogP contribution >= 0.6 is 0 Å². The minimum absolute atomic E-state index is 0.131. The molecule has 3 aromatic rings. The number of nitrogens with zero attached hydrogens (tertiary/aromatic N) is 3. The molecule has 6 nitrogen and oxygen atoms in total. The third-order valence-electron chi connectivity index (χ3n) is 3.47. The van der Waals surface area contributed by atoms with Crippen molar-refractivity contribution < 1.29 is 9.32 Å². The number of carbonyl (C=O) groups is 1. The van der Waals surface area contributed by atoms with E-state index in [1.54, 1.807) is 19.2 Å². The molecule has 3 rings (SSSR count). The number of fused-ring (bicyclic) bond motifs is 1. The zero-order valence-electron chi connectivity index (χ0n) is 13.1. The second kappa shape index (κ2) is 6.58. The van der Waals surface area contributed by atoms with E-state index in [1.165, 1.54) is 0 Å². The predicted octanol–water partition coefficient (Wildman–Crippen LogP) is 2.60. The molecular formula is C17H18N4O2. The number of hydrogen-bond donors (Lipinski definition) is 1. The Bertz CT molecular complexity index is 823. The molecule has 1 aromatic carbocycles. The van der Waals surface area contributed by atoms with E-state index in [2.05, 4.69) is 15.5 Å². The average molecular weight is 310 g/mol. The lowest BCUT2D eigenvalue weighted by atomic mass is 10.1. The molecule has 0 bridgehead atoms. The Morgan fingerprint density at radius 3 is 2.91 bits per heavy atom. The van der Waals surface area contributed by atoms with E-state index in [0.717, 1.165) is 16.5 Å². The summed E-state index contributed by atoms with van der Waals surface area (Å²) in [5.41, 5.74) is 2.06. The van der Waals surface area contributed by atoms with Gasteiger partial charge >= 0.3 is 0 Å². The topological polar surface area (TPSA) is 71.3 Å². The van der Waals surface area contributed by atoms with Crippen molar-refractivity contribution in [3.63, 3.8) is 0 Å². The number of para-hydroxylation sites is 1. The van der Waals surface area contributed by atoms with Crippen molar-refractivity contribution in [3.05, 3.63) is 53.9 Å². The number of pyridine rings is 1. The van der Waals surface area contributed by atoms with Crippen LogP contribution in [0.25, 0.3) is 10.9 Å². The highest BCUT2D eigenvalue weighted by atomic mass is 16.5. The van der Waals surface area contributed by atoms with Crippen molar-refractivity contribution in [2.45, 2.75) is 13.5 Å². The molecule has 0 aliphatic rings. The zero-order chi connectivity index (χ0) is 16.2. The van der Waals surface area contributed by atoms with Gasteiger partial charge in [-0.1, -0.05) is 29.4 Å². The number of likely N-dealkylation sites (N-methyl/N-ethyl adjacent to an activating group) is 1. The highest BCUT2D eigenvalue weighted by Crippen LogP contribution is 2.17. The van der Waals surface area contributed by atoms with Gasteiger partial charge in [-0.25, -0.2) is 0 Å². The summed E-state index contributed by atoms with van der Waals surface area (Å²) in [6.07, 6.45) is 1.78. The number of carbonyl (C=O) groups excluding carboxylic acids is 1. The highest BCUT2D eigenvalue weighted by molar-refractivity contribution is 5.91. The van der Waals surface area contributed by atoms with Gasteiger partial charge in [-0.2, -0.15) is 0 Å². The molecule has 118 valence electrons. The molecule has 0 unspecified atom stereocenters. The number of amides is 1. The van der Waals surface area contributed by atoms with Gasteiger partial charge < -0.3 is 9.84 Å². The smallest absolute Gasteiger partial charge is 0.239 e. The van der Waals surface area contributed by atoms with E-state index < -0.39 is 0 Å². The van der Waals surface area contributed by atoms with Gasteiger partial charge in [-0.15, -0.1) is 0 Å². The molecule has 2 heterocycles. The second-order valence-corrected chi connectivity index (χ2v) is 5.54. The van der Waals surface area contributed by atoms with Gasteiger partial charge in [0.25, 0.3) is 0 Å². The van der Waals surface area contributed by atoms with E-state index in [0.29, 0.717) is 18.1 Å². The molecule has 0 aliphatic heterocycles. The predicted molar refractivity (Wildman–Crippen MR) is 87.9 cm³/mol. The Labute approximate surface area is 134 Å². The number of rotatable bonds is 5. The molecular weight excluding hydrogens is 292 g/mol. The molecule has 0 atom stereocenters. The van der Waals surface area contributed by atoms with Crippen LogP contribution < -0.4 is 5.32 Å². The fourth-order valence-electron chi connectivity index (χ4n) is 2.49. The lowest BCUT2D eigenvalue weighted by Crippen LogP contribution is -2.30. The van der Waals surface area contributed by atoms with Crippen molar-refractivity contribution in [1.29, 1.82) is 0 Å². The third-order valence-corrected chi connectivity index (χ3v) is 3.47. The molecule has 1 amide bonds. The van der Waals surface area contributed by atoms with Crippen LogP contribution in [0.5, 0.6) is 0 Å². The quantitative estimate of drug-likeness (QED) is 0.784. The fraction of sp³-hybridized carbons (Fsp3) is 0.235. The summed E-state index contributed by atoms with van der Waals surface area (Å²) in [7, 11) is 1.90. The monoisotopic (exact) mass is 310 g/mol. The largest absolute Gasteiger partial charge is 0.360 e. The normalized spacial score (nSPS) is 11.1. The first-order valence-electron chi connectivity index (χ1n) is 7.36. The Kier molecular flexibility index (Phi) is 4.34. The zero-order valence-corrected chi connectivity index (χ0v) is 13.1. The van der Waals surface area contributed by atoms with E-state index in [4.69, 9.17) is 4.52 Å². The second-order valence-electron chi connectivity index (χ2n) is 5.54. The maximum Gasteiger partial charge on any atom is 0.239 e. The first kappa shape index (κ1) is 15.2. The lowest BCUT2D eigenvalue weighted by molar-refractivity contribution is -0.117. The van der Waals surface area contributed by atoms with Crippen LogP contribution in [-0.4, -0.2) is 34.5 Å². The van der Waals surface area contributed by atoms with Crippen LogP contribution in [0.4, 0.5) is 5.82 Å². The molecule has 23 heavy (non-hydrogen) atoms. The Balaban J connectivity index is 1.64. The minimum Gasteiger partial charge on any atom is -0.360 e. The van der Waals surface area contributed by atoms with Crippen molar-refractivity contribution in [1.82, 2.24) is 15.0 Å². The van der Waals surface area contributed by atoms with Crippen LogP contribution in [0, 0.1) is 6.92 Å². The summed E-state index contributed by atoms with van der Waals surface area (Å²) < 4.78 is 4.93. The van der Waals surface area contributed by atoms with Gasteiger partial charge in [0, 0.05) is 24.2 Å². The van der Waals surface area contributed by atoms with Crippen LogP contribution in [-0.2, 0) is 11.3 Å². The number of hydrogen-bond acceptors (Lipinski definition) is 5. The van der Waals surface area contributed by atoms with Gasteiger partial charge in [0.2, 0.25) is 5.91 Å². The van der Waals surface area contributed by atoms with Crippen LogP contribution in [0.1, 0.15) is 11.3 Å². The van der Waals surface area contributed by atoms with E-state index >= 15 is 0 Å². The van der Waals surface area contributed by atoms with Gasteiger partial charge in [0.05, 0.1) is 12.1 Å². The molecule has 0 saturated heterocycles. The number of nitrogens with one attached hydrogen (secondary N) is 1. The number of benzene rings is 1. The number of aryl methyl sites for hydroxylation is 1. The third kappa shape index (κ3) is 3.73. The maximum atomic E-state index is 12.0. The Morgan fingerprint density at radius 1 is 1.30 bits per heavy atom. The van der Waals surface area contributed by atoms with Crippen molar-refractivity contribution in [2.75, 3.05) is 18.9 Å². The summed E-state index contributed by atoms with van der Waals surface area (Å²) in [6.45, 7) is 2.68. The molecule has 2 aromatic heterocycles. The summed E-state index contributed by atoms with van der Waals surface area (Å²) in [6, 6.07) is 11.7. The Morgan fingerprint density at radius 2 is 2.13 bits per heavy atom. The minimum atomic E-state index is -0.131. The first-order valence-corrected chi connectivity index (χ1v) is 7.36. The maximum absolute atomic E-state index is 12.0. The van der Waals surface area contributed by atoms with Gasteiger partial charge in [0.1, 0.15) is 5.76 Å². The van der Waals surface area contributed by atoms with E-state index in [9.17, 15) is 4.79 Å². The molecule has 0 fully saturated rings. The van der Waals surface area contributed by atoms with Gasteiger partial charge in [-0.05, 0) is 25.6 Å². The van der Waals surface area contributed by atoms with E-state index in [1.807, 2.05) is 42.3 Å². The van der Waals surface area contributed by atoms with Crippen molar-refractivity contribution in [3.8, 4) is 0 Å². The summed E-state index contributed by atoms with van der Waals surface area (Å²) in [4.78, 5) is 18.4. The first-order chi connectivity index (χ1) is 11.1. The molecule has 0 radical (unpaired) electrons. The molecule has 6 heteroatoms. The van der Waals surface area contributed by atoms with E-state index in [-0.39, 0.29) is 12.5 Å². The summed E-state index contributed by atoms with van der Waals surface area (Å²) in [5, 5.41) is 7.57. The van der Waals surface area contributed by atoms with Gasteiger partial charge in [0.15, 0.2) is 5.82 Å².